The van der Waals surface area contributed by atoms with E-state index in [9.17, 15) is 0 Å². The zero-order valence-electron chi connectivity index (χ0n) is 12.3. The highest BCUT2D eigenvalue weighted by atomic mass is 32.2. The molecule has 1 aromatic carbocycles. The standard InChI is InChI=1S/C15H17N5S/c1-10-13(16-9-17-14(10)20(2)3)8-21-15-18-11-6-4-5-7-12(11)19-15/h4-7,9H,8H2,1-3H3,(H,18,19). The number of nitrogens with zero attached hydrogens (tertiary/aromatic N) is 4. The molecule has 2 aromatic heterocycles. The van der Waals surface area contributed by atoms with Crippen molar-refractivity contribution in [3.8, 4) is 0 Å². The van der Waals surface area contributed by atoms with Crippen molar-refractivity contribution in [1.29, 1.82) is 0 Å². The van der Waals surface area contributed by atoms with Crippen LogP contribution in [0.3, 0.4) is 0 Å². The number of rotatable bonds is 4. The van der Waals surface area contributed by atoms with E-state index in [2.05, 4.69) is 26.9 Å². The number of hydrogen-bond donors (Lipinski definition) is 1. The quantitative estimate of drug-likeness (QED) is 0.750. The molecule has 0 saturated carbocycles. The maximum Gasteiger partial charge on any atom is 0.166 e. The zero-order valence-corrected chi connectivity index (χ0v) is 13.1. The fourth-order valence-corrected chi connectivity index (χ4v) is 3.12. The normalized spacial score (nSPS) is 11.0. The van der Waals surface area contributed by atoms with Gasteiger partial charge in [-0.25, -0.2) is 15.0 Å². The van der Waals surface area contributed by atoms with Gasteiger partial charge in [0.05, 0.1) is 16.7 Å². The number of thioether (sulfide) groups is 1. The molecule has 0 amide bonds. The Morgan fingerprint density at radius 1 is 1.19 bits per heavy atom. The predicted octanol–water partition coefficient (Wildman–Crippen LogP) is 3.02. The van der Waals surface area contributed by atoms with E-state index >= 15 is 0 Å². The Morgan fingerprint density at radius 3 is 2.76 bits per heavy atom. The number of aromatic amines is 1. The third-order valence-corrected chi connectivity index (χ3v) is 4.18. The topological polar surface area (TPSA) is 57.7 Å². The number of anilines is 1. The van der Waals surface area contributed by atoms with Crippen molar-refractivity contribution in [1.82, 2.24) is 19.9 Å². The summed E-state index contributed by atoms with van der Waals surface area (Å²) in [6, 6.07) is 8.05. The molecule has 0 bridgehead atoms. The fourth-order valence-electron chi connectivity index (χ4n) is 2.21. The first kappa shape index (κ1) is 13.9. The molecule has 0 unspecified atom stereocenters. The minimum absolute atomic E-state index is 0.773. The van der Waals surface area contributed by atoms with Gasteiger partial charge in [0, 0.05) is 25.4 Å². The van der Waals surface area contributed by atoms with Crippen LogP contribution in [0.5, 0.6) is 0 Å². The van der Waals surface area contributed by atoms with Crippen molar-refractivity contribution in [2.45, 2.75) is 17.8 Å². The SMILES string of the molecule is Cc1c(CSc2nc3ccccc3[nH]2)ncnc1N(C)C. The molecule has 6 heteroatoms. The van der Waals surface area contributed by atoms with Crippen LogP contribution in [0.1, 0.15) is 11.3 Å². The Balaban J connectivity index is 1.80. The van der Waals surface area contributed by atoms with E-state index in [4.69, 9.17) is 0 Å². The van der Waals surface area contributed by atoms with E-state index < -0.39 is 0 Å². The number of fused-ring (bicyclic) bond motifs is 1. The number of aromatic nitrogens is 4. The molecule has 0 aliphatic carbocycles. The van der Waals surface area contributed by atoms with Crippen LogP contribution in [0, 0.1) is 6.92 Å². The van der Waals surface area contributed by atoms with Gasteiger partial charge in [0.2, 0.25) is 0 Å². The van der Waals surface area contributed by atoms with Gasteiger partial charge in [-0.3, -0.25) is 0 Å². The van der Waals surface area contributed by atoms with Crippen LogP contribution < -0.4 is 4.90 Å². The fraction of sp³-hybridized carbons (Fsp3) is 0.267. The van der Waals surface area contributed by atoms with Gasteiger partial charge >= 0.3 is 0 Å². The van der Waals surface area contributed by atoms with Crippen molar-refractivity contribution in [3.05, 3.63) is 41.9 Å². The van der Waals surface area contributed by atoms with E-state index in [-0.39, 0.29) is 0 Å². The molecule has 5 nitrogen and oxygen atoms in total. The summed E-state index contributed by atoms with van der Waals surface area (Å²) in [7, 11) is 3.98. The average molecular weight is 299 g/mol. The highest BCUT2D eigenvalue weighted by molar-refractivity contribution is 7.98. The van der Waals surface area contributed by atoms with Gasteiger partial charge in [0.25, 0.3) is 0 Å². The summed E-state index contributed by atoms with van der Waals surface area (Å²) in [5.74, 6) is 1.74. The summed E-state index contributed by atoms with van der Waals surface area (Å²) in [6.07, 6.45) is 1.62. The molecule has 0 radical (unpaired) electrons. The van der Waals surface area contributed by atoms with E-state index in [1.54, 1.807) is 18.1 Å². The summed E-state index contributed by atoms with van der Waals surface area (Å²) < 4.78 is 0. The highest BCUT2D eigenvalue weighted by Crippen LogP contribution is 2.25. The van der Waals surface area contributed by atoms with Gasteiger partial charge in [-0.15, -0.1) is 0 Å². The minimum atomic E-state index is 0.773. The second-order valence-electron chi connectivity index (χ2n) is 5.01. The average Bonchev–Trinajstić information content (AvgIpc) is 2.88. The molecular weight excluding hydrogens is 282 g/mol. The van der Waals surface area contributed by atoms with E-state index in [0.29, 0.717) is 0 Å². The Morgan fingerprint density at radius 2 is 2.00 bits per heavy atom. The summed E-state index contributed by atoms with van der Waals surface area (Å²) in [6.45, 7) is 2.06. The lowest BCUT2D eigenvalue weighted by molar-refractivity contribution is 0.978. The predicted molar refractivity (Wildman–Crippen MR) is 86.8 cm³/mol. The van der Waals surface area contributed by atoms with Gasteiger partial charge in [-0.1, -0.05) is 23.9 Å². The summed E-state index contributed by atoms with van der Waals surface area (Å²) >= 11 is 1.66. The minimum Gasteiger partial charge on any atom is -0.362 e. The Hall–Kier alpha value is -2.08. The number of imidazole rings is 1. The number of para-hydroxylation sites is 2. The number of benzene rings is 1. The first-order chi connectivity index (χ1) is 10.1. The van der Waals surface area contributed by atoms with Gasteiger partial charge in [-0.2, -0.15) is 0 Å². The Labute approximate surface area is 127 Å². The molecule has 3 rings (SSSR count). The molecule has 1 N–H and O–H groups in total. The molecule has 0 atom stereocenters. The van der Waals surface area contributed by atoms with Gasteiger partial charge in [-0.05, 0) is 19.1 Å². The Kier molecular flexibility index (Phi) is 3.79. The second kappa shape index (κ2) is 5.73. The van der Waals surface area contributed by atoms with Crippen LogP contribution in [0.4, 0.5) is 5.82 Å². The van der Waals surface area contributed by atoms with Crippen molar-refractivity contribution in [2.75, 3.05) is 19.0 Å². The maximum atomic E-state index is 4.57. The van der Waals surface area contributed by atoms with Crippen molar-refractivity contribution in [3.63, 3.8) is 0 Å². The Bertz CT molecular complexity index is 733. The first-order valence-electron chi connectivity index (χ1n) is 6.70. The molecule has 0 aliphatic heterocycles. The number of hydrogen-bond acceptors (Lipinski definition) is 5. The molecule has 0 saturated heterocycles. The third kappa shape index (κ3) is 2.85. The van der Waals surface area contributed by atoms with Gasteiger partial charge in [0.15, 0.2) is 5.16 Å². The van der Waals surface area contributed by atoms with Gasteiger partial charge in [0.1, 0.15) is 12.1 Å². The van der Waals surface area contributed by atoms with Crippen LogP contribution in [-0.2, 0) is 5.75 Å². The largest absolute Gasteiger partial charge is 0.362 e. The highest BCUT2D eigenvalue weighted by Gasteiger charge is 2.10. The zero-order chi connectivity index (χ0) is 14.8. The van der Waals surface area contributed by atoms with Gasteiger partial charge < -0.3 is 9.88 Å². The summed E-state index contributed by atoms with van der Waals surface area (Å²) in [4.78, 5) is 18.6. The van der Waals surface area contributed by atoms with Crippen LogP contribution in [0.2, 0.25) is 0 Å². The van der Waals surface area contributed by atoms with Crippen molar-refractivity contribution < 1.29 is 0 Å². The monoisotopic (exact) mass is 299 g/mol. The number of nitrogens with one attached hydrogen (secondary N) is 1. The van der Waals surface area contributed by atoms with Crippen LogP contribution in [0.15, 0.2) is 35.7 Å². The lowest BCUT2D eigenvalue weighted by atomic mass is 10.2. The second-order valence-corrected chi connectivity index (χ2v) is 5.98. The molecule has 108 valence electrons. The summed E-state index contributed by atoms with van der Waals surface area (Å²) in [5, 5.41) is 0.917. The molecule has 2 heterocycles. The lowest BCUT2D eigenvalue weighted by Crippen LogP contribution is -2.13. The molecular formula is C15H17N5S. The van der Waals surface area contributed by atoms with Crippen molar-refractivity contribution in [2.24, 2.45) is 0 Å². The molecule has 21 heavy (non-hydrogen) atoms. The smallest absolute Gasteiger partial charge is 0.166 e. The van der Waals surface area contributed by atoms with E-state index in [0.717, 1.165) is 39.0 Å². The summed E-state index contributed by atoms with van der Waals surface area (Å²) in [5.41, 5.74) is 4.21. The van der Waals surface area contributed by atoms with Crippen molar-refractivity contribution >= 4 is 28.6 Å². The number of H-pyrrole nitrogens is 1. The van der Waals surface area contributed by atoms with E-state index in [1.807, 2.05) is 43.3 Å². The molecule has 0 fully saturated rings. The van der Waals surface area contributed by atoms with Crippen LogP contribution in [-0.4, -0.2) is 34.0 Å². The van der Waals surface area contributed by atoms with E-state index in [1.165, 1.54) is 0 Å². The molecule has 0 aliphatic rings. The maximum absolute atomic E-state index is 4.57. The lowest BCUT2D eigenvalue weighted by Gasteiger charge is -2.15. The van der Waals surface area contributed by atoms with Crippen LogP contribution in [0.25, 0.3) is 11.0 Å². The first-order valence-corrected chi connectivity index (χ1v) is 7.69. The third-order valence-electron chi connectivity index (χ3n) is 3.30. The van der Waals surface area contributed by atoms with Crippen LogP contribution >= 0.6 is 11.8 Å². The molecule has 0 spiro atoms. The molecule has 3 aromatic rings.